The van der Waals surface area contributed by atoms with Gasteiger partial charge in [0.1, 0.15) is 23.8 Å². The maximum atomic E-state index is 12.9. The van der Waals surface area contributed by atoms with Crippen LogP contribution in [0.5, 0.6) is 5.75 Å². The molecule has 1 aliphatic heterocycles. The summed E-state index contributed by atoms with van der Waals surface area (Å²) < 4.78 is 10.7. The lowest BCUT2D eigenvalue weighted by Crippen LogP contribution is -2.41. The number of methoxy groups -OCH3 is 1. The molecule has 4 rings (SSSR count). The van der Waals surface area contributed by atoms with Crippen LogP contribution in [0.3, 0.4) is 0 Å². The van der Waals surface area contributed by atoms with Gasteiger partial charge in [-0.3, -0.25) is 19.3 Å². The van der Waals surface area contributed by atoms with Crippen LogP contribution in [0, 0.1) is 6.92 Å². The zero-order chi connectivity index (χ0) is 25.2. The number of para-hydroxylation sites is 2. The first-order valence-corrected chi connectivity index (χ1v) is 10.8. The van der Waals surface area contributed by atoms with Crippen molar-refractivity contribution in [2.24, 2.45) is 0 Å². The molecule has 1 unspecified atom stereocenters. The highest BCUT2D eigenvalue weighted by Crippen LogP contribution is 2.30. The first-order chi connectivity index (χ1) is 16.7. The van der Waals surface area contributed by atoms with Crippen LogP contribution < -0.4 is 20.7 Å². The van der Waals surface area contributed by atoms with Crippen molar-refractivity contribution in [3.05, 3.63) is 77.7 Å². The number of amides is 5. The van der Waals surface area contributed by atoms with Crippen molar-refractivity contribution in [2.75, 3.05) is 24.3 Å². The molecule has 0 saturated carbocycles. The Bertz CT molecular complexity index is 1300. The van der Waals surface area contributed by atoms with E-state index in [0.29, 0.717) is 34.2 Å². The smallest absolute Gasteiger partial charge is 0.325 e. The summed E-state index contributed by atoms with van der Waals surface area (Å²) in [4.78, 5) is 51.2. The van der Waals surface area contributed by atoms with Gasteiger partial charge < -0.3 is 25.1 Å². The first kappa shape index (κ1) is 23.6. The van der Waals surface area contributed by atoms with Gasteiger partial charge in [0.2, 0.25) is 5.91 Å². The Hall–Kier alpha value is -4.60. The van der Waals surface area contributed by atoms with Gasteiger partial charge in [-0.25, -0.2) is 4.79 Å². The van der Waals surface area contributed by atoms with Crippen molar-refractivity contribution in [1.29, 1.82) is 0 Å². The van der Waals surface area contributed by atoms with Gasteiger partial charge in [0, 0.05) is 11.3 Å². The van der Waals surface area contributed by atoms with Crippen molar-refractivity contribution in [3.8, 4) is 5.75 Å². The highest BCUT2D eigenvalue weighted by molar-refractivity contribution is 6.10. The number of urea groups is 1. The predicted octanol–water partition coefficient (Wildman–Crippen LogP) is 3.25. The number of nitrogens with one attached hydrogen (secondary N) is 3. The van der Waals surface area contributed by atoms with Crippen molar-refractivity contribution in [2.45, 2.75) is 19.4 Å². The number of ether oxygens (including phenoxy) is 1. The number of furan rings is 1. The average Bonchev–Trinajstić information content (AvgIpc) is 3.37. The Kier molecular flexibility index (Phi) is 6.28. The van der Waals surface area contributed by atoms with E-state index in [1.54, 1.807) is 67.6 Å². The number of benzene rings is 2. The molecule has 1 aromatic heterocycles. The number of aryl methyl sites for hydroxylation is 1. The van der Waals surface area contributed by atoms with Crippen molar-refractivity contribution < 1.29 is 28.3 Å². The number of carbonyl (C=O) groups is 4. The number of nitrogens with zero attached hydrogens (tertiary/aromatic N) is 1. The minimum absolute atomic E-state index is 0.290. The van der Waals surface area contributed by atoms with E-state index in [2.05, 4.69) is 16.0 Å². The molecule has 1 saturated heterocycles. The second kappa shape index (κ2) is 9.34. The third kappa shape index (κ3) is 4.72. The van der Waals surface area contributed by atoms with Gasteiger partial charge in [0.05, 0.1) is 12.8 Å². The molecule has 1 atom stereocenters. The Morgan fingerprint density at radius 1 is 1.03 bits per heavy atom. The van der Waals surface area contributed by atoms with Crippen molar-refractivity contribution >= 4 is 35.1 Å². The molecule has 2 aromatic carbocycles. The number of anilines is 2. The molecule has 3 aromatic rings. The number of rotatable bonds is 7. The third-order valence-electron chi connectivity index (χ3n) is 5.60. The molecule has 3 N–H and O–H groups in total. The zero-order valence-corrected chi connectivity index (χ0v) is 19.4. The predicted molar refractivity (Wildman–Crippen MR) is 127 cm³/mol. The monoisotopic (exact) mass is 476 g/mol. The van der Waals surface area contributed by atoms with E-state index >= 15 is 0 Å². The maximum Gasteiger partial charge on any atom is 0.325 e. The van der Waals surface area contributed by atoms with Crippen LogP contribution >= 0.6 is 0 Å². The number of hydrogen-bond acceptors (Lipinski definition) is 6. The zero-order valence-electron chi connectivity index (χ0n) is 19.4. The lowest BCUT2D eigenvalue weighted by atomic mass is 9.99. The van der Waals surface area contributed by atoms with Crippen molar-refractivity contribution in [1.82, 2.24) is 10.2 Å². The van der Waals surface area contributed by atoms with Crippen LogP contribution in [-0.2, 0) is 15.1 Å². The average molecular weight is 476 g/mol. The van der Waals surface area contributed by atoms with Crippen LogP contribution in [0.25, 0.3) is 0 Å². The summed E-state index contributed by atoms with van der Waals surface area (Å²) >= 11 is 0. The molecule has 0 bridgehead atoms. The fourth-order valence-electron chi connectivity index (χ4n) is 3.70. The summed E-state index contributed by atoms with van der Waals surface area (Å²) in [6, 6.07) is 15.8. The lowest BCUT2D eigenvalue weighted by molar-refractivity contribution is -0.134. The molecule has 0 aliphatic carbocycles. The molecule has 0 radical (unpaired) electrons. The maximum absolute atomic E-state index is 12.9. The minimum Gasteiger partial charge on any atom is -0.495 e. The fourth-order valence-corrected chi connectivity index (χ4v) is 3.70. The largest absolute Gasteiger partial charge is 0.495 e. The van der Waals surface area contributed by atoms with Gasteiger partial charge >= 0.3 is 6.03 Å². The van der Waals surface area contributed by atoms with E-state index in [4.69, 9.17) is 9.15 Å². The van der Waals surface area contributed by atoms with E-state index in [1.165, 1.54) is 14.0 Å². The molecule has 10 nitrogen and oxygen atoms in total. The van der Waals surface area contributed by atoms with Gasteiger partial charge in [0.15, 0.2) is 5.54 Å². The van der Waals surface area contributed by atoms with Gasteiger partial charge in [-0.05, 0) is 62.4 Å². The SMILES string of the molecule is COc1ccccc1NC(=O)c1ccc(NC(=O)CN2C(=O)NC(C)(c3ccc(C)o3)C2=O)cc1. The van der Waals surface area contributed by atoms with E-state index in [-0.39, 0.29) is 5.91 Å². The van der Waals surface area contributed by atoms with Crippen molar-refractivity contribution in [3.63, 3.8) is 0 Å². The lowest BCUT2D eigenvalue weighted by Gasteiger charge is -2.19. The summed E-state index contributed by atoms with van der Waals surface area (Å²) in [7, 11) is 1.51. The molecule has 2 heterocycles. The minimum atomic E-state index is -1.39. The van der Waals surface area contributed by atoms with Crippen LogP contribution in [0.2, 0.25) is 0 Å². The summed E-state index contributed by atoms with van der Waals surface area (Å²) in [6.07, 6.45) is 0. The standard InChI is InChI=1S/C25H24N4O6/c1-15-8-13-20(35-15)25(2)23(32)29(24(33)28-25)14-21(30)26-17-11-9-16(10-12-17)22(31)27-18-6-4-5-7-19(18)34-3/h4-13H,14H2,1-3H3,(H,26,30)(H,27,31)(H,28,33). The highest BCUT2D eigenvalue weighted by Gasteiger charge is 2.51. The number of carbonyl (C=O) groups excluding carboxylic acids is 4. The molecule has 1 aliphatic rings. The molecule has 1 fully saturated rings. The summed E-state index contributed by atoms with van der Waals surface area (Å²) in [5, 5.41) is 7.99. The Labute approximate surface area is 201 Å². The van der Waals surface area contributed by atoms with Gasteiger partial charge in [-0.15, -0.1) is 0 Å². The number of hydrogen-bond donors (Lipinski definition) is 3. The van der Waals surface area contributed by atoms with E-state index in [0.717, 1.165) is 4.90 Å². The van der Waals surface area contributed by atoms with E-state index in [9.17, 15) is 19.2 Å². The van der Waals surface area contributed by atoms with Crippen LogP contribution in [0.15, 0.2) is 65.1 Å². The Balaban J connectivity index is 1.37. The molecule has 0 spiro atoms. The van der Waals surface area contributed by atoms with Crippen LogP contribution in [0.1, 0.15) is 28.8 Å². The fraction of sp³-hybridized carbons (Fsp3) is 0.200. The Morgan fingerprint density at radius 2 is 1.74 bits per heavy atom. The quantitative estimate of drug-likeness (QED) is 0.449. The number of imide groups is 1. The summed E-state index contributed by atoms with van der Waals surface area (Å²) in [5.74, 6) is -0.0876. The molecule has 35 heavy (non-hydrogen) atoms. The summed E-state index contributed by atoms with van der Waals surface area (Å²) in [6.45, 7) is 2.78. The Morgan fingerprint density at radius 3 is 2.40 bits per heavy atom. The van der Waals surface area contributed by atoms with Gasteiger partial charge in [0.25, 0.3) is 11.8 Å². The highest BCUT2D eigenvalue weighted by atomic mass is 16.5. The molecule has 5 amide bonds. The van der Waals surface area contributed by atoms with Gasteiger partial charge in [-0.1, -0.05) is 12.1 Å². The topological polar surface area (TPSA) is 130 Å². The molecule has 180 valence electrons. The normalized spacial score (nSPS) is 17.2. The summed E-state index contributed by atoms with van der Waals surface area (Å²) in [5.41, 5.74) is -0.0855. The van der Waals surface area contributed by atoms with E-state index in [1.807, 2.05) is 0 Å². The van der Waals surface area contributed by atoms with Crippen LogP contribution in [0.4, 0.5) is 16.2 Å². The first-order valence-electron chi connectivity index (χ1n) is 10.8. The molecule has 10 heteroatoms. The van der Waals surface area contributed by atoms with Crippen LogP contribution in [-0.4, -0.2) is 42.3 Å². The molecular formula is C25H24N4O6. The second-order valence-corrected chi connectivity index (χ2v) is 8.14. The molecular weight excluding hydrogens is 452 g/mol. The van der Waals surface area contributed by atoms with E-state index < -0.39 is 29.9 Å². The van der Waals surface area contributed by atoms with Gasteiger partial charge in [-0.2, -0.15) is 0 Å². The third-order valence-corrected chi connectivity index (χ3v) is 5.60. The second-order valence-electron chi connectivity index (χ2n) is 8.14.